The highest BCUT2D eigenvalue weighted by molar-refractivity contribution is 5.45. The number of rotatable bonds is 6. The number of likely N-dealkylation sites (N-methyl/N-ethyl adjacent to an activating group) is 1. The second-order valence-corrected chi connectivity index (χ2v) is 4.75. The van der Waals surface area contributed by atoms with Gasteiger partial charge in [-0.3, -0.25) is 5.43 Å². The molecule has 0 radical (unpaired) electrons. The lowest BCUT2D eigenvalue weighted by Crippen LogP contribution is -2.34. The van der Waals surface area contributed by atoms with E-state index in [0.717, 1.165) is 25.9 Å². The molecule has 1 aromatic heterocycles. The van der Waals surface area contributed by atoms with Gasteiger partial charge < -0.3 is 14.9 Å². The predicted octanol–water partition coefficient (Wildman–Crippen LogP) is -0.0339. The summed E-state index contributed by atoms with van der Waals surface area (Å²) in [5.41, 5.74) is 2.49. The van der Waals surface area contributed by atoms with E-state index in [-0.39, 0.29) is 6.61 Å². The van der Waals surface area contributed by atoms with Gasteiger partial charge in [0, 0.05) is 26.2 Å². The molecule has 0 unspecified atom stereocenters. The molecule has 2 rings (SSSR count). The van der Waals surface area contributed by atoms with Crippen molar-refractivity contribution in [1.29, 1.82) is 0 Å². The second kappa shape index (κ2) is 7.20. The Morgan fingerprint density at radius 2 is 2.00 bits per heavy atom. The number of hydrogen-bond donors (Lipinski definition) is 3. The van der Waals surface area contributed by atoms with Crippen molar-refractivity contribution in [3.05, 3.63) is 0 Å². The Morgan fingerprint density at radius 1 is 1.25 bits per heavy atom. The molecule has 0 bridgehead atoms. The van der Waals surface area contributed by atoms with Gasteiger partial charge >= 0.3 is 0 Å². The van der Waals surface area contributed by atoms with E-state index in [9.17, 15) is 0 Å². The quantitative estimate of drug-likeness (QED) is 0.493. The smallest absolute Gasteiger partial charge is 0.243 e. The Kier molecular flexibility index (Phi) is 5.31. The van der Waals surface area contributed by atoms with Gasteiger partial charge in [-0.15, -0.1) is 0 Å². The zero-order chi connectivity index (χ0) is 14.4. The van der Waals surface area contributed by atoms with Gasteiger partial charge in [0.05, 0.1) is 6.61 Å². The molecule has 1 saturated heterocycles. The monoisotopic (exact) mass is 281 g/mol. The minimum atomic E-state index is 0.0595. The minimum absolute atomic E-state index is 0.0595. The summed E-state index contributed by atoms with van der Waals surface area (Å²) in [6.07, 6.45) is 3.56. The van der Waals surface area contributed by atoms with Gasteiger partial charge in [0.2, 0.25) is 17.8 Å². The fourth-order valence-electron chi connectivity index (χ4n) is 2.32. The Morgan fingerprint density at radius 3 is 2.60 bits per heavy atom. The van der Waals surface area contributed by atoms with Crippen LogP contribution in [-0.2, 0) is 0 Å². The molecule has 0 atom stereocenters. The van der Waals surface area contributed by atoms with Gasteiger partial charge in [-0.25, -0.2) is 5.84 Å². The molecular weight excluding hydrogens is 258 g/mol. The van der Waals surface area contributed by atoms with Gasteiger partial charge in [0.1, 0.15) is 0 Å². The van der Waals surface area contributed by atoms with E-state index < -0.39 is 0 Å². The summed E-state index contributed by atoms with van der Waals surface area (Å²) in [6, 6.07) is 0. The maximum atomic E-state index is 9.11. The average Bonchev–Trinajstić information content (AvgIpc) is 2.53. The third kappa shape index (κ3) is 3.45. The summed E-state index contributed by atoms with van der Waals surface area (Å²) < 4.78 is 0. The van der Waals surface area contributed by atoms with Crippen LogP contribution in [0.15, 0.2) is 0 Å². The van der Waals surface area contributed by atoms with Crippen molar-refractivity contribution in [2.75, 3.05) is 48.0 Å². The number of piperidine rings is 1. The summed E-state index contributed by atoms with van der Waals surface area (Å²) in [6.45, 7) is 5.18. The zero-order valence-electron chi connectivity index (χ0n) is 11.9. The molecule has 2 heterocycles. The van der Waals surface area contributed by atoms with Gasteiger partial charge in [0.25, 0.3) is 0 Å². The maximum Gasteiger partial charge on any atom is 0.243 e. The van der Waals surface area contributed by atoms with Crippen LogP contribution in [0.25, 0.3) is 0 Å². The van der Waals surface area contributed by atoms with Gasteiger partial charge in [-0.1, -0.05) is 0 Å². The average molecular weight is 281 g/mol. The van der Waals surface area contributed by atoms with Crippen LogP contribution >= 0.6 is 0 Å². The lowest BCUT2D eigenvalue weighted by atomic mass is 10.1. The summed E-state index contributed by atoms with van der Waals surface area (Å²) >= 11 is 0. The first-order chi connectivity index (χ1) is 9.78. The van der Waals surface area contributed by atoms with Crippen LogP contribution < -0.4 is 21.1 Å². The number of nitrogens with one attached hydrogen (secondary N) is 1. The first kappa shape index (κ1) is 14.7. The number of nitrogens with zero attached hydrogens (tertiary/aromatic N) is 5. The van der Waals surface area contributed by atoms with Crippen LogP contribution in [0.2, 0.25) is 0 Å². The number of hydrogen-bond acceptors (Lipinski definition) is 8. The van der Waals surface area contributed by atoms with Crippen LogP contribution in [0.4, 0.5) is 17.8 Å². The number of aliphatic hydroxyl groups is 1. The minimum Gasteiger partial charge on any atom is -0.395 e. The summed E-state index contributed by atoms with van der Waals surface area (Å²) in [4.78, 5) is 17.2. The van der Waals surface area contributed by atoms with E-state index in [1.54, 1.807) is 0 Å². The topological polar surface area (TPSA) is 103 Å². The summed E-state index contributed by atoms with van der Waals surface area (Å²) in [5.74, 6) is 7.00. The van der Waals surface area contributed by atoms with Crippen molar-refractivity contribution in [3.8, 4) is 0 Å². The van der Waals surface area contributed by atoms with E-state index in [2.05, 4.69) is 25.3 Å². The van der Waals surface area contributed by atoms with Crippen molar-refractivity contribution >= 4 is 17.8 Å². The van der Waals surface area contributed by atoms with Gasteiger partial charge in [-0.2, -0.15) is 15.0 Å². The SMILES string of the molecule is CCN(CCO)c1nc(NN)nc(N2CCCCC2)n1. The first-order valence-electron chi connectivity index (χ1n) is 7.12. The third-order valence-electron chi connectivity index (χ3n) is 3.41. The highest BCUT2D eigenvalue weighted by Crippen LogP contribution is 2.19. The maximum absolute atomic E-state index is 9.11. The van der Waals surface area contributed by atoms with E-state index in [1.807, 2.05) is 11.8 Å². The van der Waals surface area contributed by atoms with Crippen molar-refractivity contribution in [3.63, 3.8) is 0 Å². The first-order valence-corrected chi connectivity index (χ1v) is 7.12. The normalized spacial score (nSPS) is 15.2. The number of nitrogen functional groups attached to an aromatic ring is 1. The molecule has 20 heavy (non-hydrogen) atoms. The number of anilines is 3. The molecule has 0 amide bonds. The van der Waals surface area contributed by atoms with Crippen LogP contribution in [0.1, 0.15) is 26.2 Å². The van der Waals surface area contributed by atoms with Crippen LogP contribution in [0.5, 0.6) is 0 Å². The Balaban J connectivity index is 2.27. The molecule has 0 spiro atoms. The number of hydrazine groups is 1. The highest BCUT2D eigenvalue weighted by Gasteiger charge is 2.18. The number of aliphatic hydroxyl groups excluding tert-OH is 1. The molecular formula is C12H23N7O. The third-order valence-corrected chi connectivity index (χ3v) is 3.41. The molecule has 8 nitrogen and oxygen atoms in total. The van der Waals surface area contributed by atoms with Crippen molar-refractivity contribution < 1.29 is 5.11 Å². The molecule has 1 fully saturated rings. The molecule has 0 saturated carbocycles. The fourth-order valence-corrected chi connectivity index (χ4v) is 2.32. The highest BCUT2D eigenvalue weighted by atomic mass is 16.3. The zero-order valence-corrected chi connectivity index (χ0v) is 11.9. The Labute approximate surface area is 119 Å². The van der Waals surface area contributed by atoms with E-state index >= 15 is 0 Å². The van der Waals surface area contributed by atoms with Gasteiger partial charge in [-0.05, 0) is 26.2 Å². The molecule has 8 heteroatoms. The predicted molar refractivity (Wildman–Crippen MR) is 78.7 cm³/mol. The molecule has 1 aromatic rings. The van der Waals surface area contributed by atoms with Crippen molar-refractivity contribution in [2.45, 2.75) is 26.2 Å². The fraction of sp³-hybridized carbons (Fsp3) is 0.750. The van der Waals surface area contributed by atoms with Crippen LogP contribution in [0.3, 0.4) is 0 Å². The molecule has 0 aromatic carbocycles. The van der Waals surface area contributed by atoms with Crippen molar-refractivity contribution in [1.82, 2.24) is 15.0 Å². The van der Waals surface area contributed by atoms with Gasteiger partial charge in [0.15, 0.2) is 0 Å². The van der Waals surface area contributed by atoms with E-state index in [4.69, 9.17) is 10.9 Å². The standard InChI is InChI=1S/C12H23N7O/c1-2-18(8-9-20)11-14-10(17-13)15-12(16-11)19-6-4-3-5-7-19/h20H,2-9,13H2,1H3,(H,14,15,16,17). The van der Waals surface area contributed by atoms with Crippen LogP contribution in [-0.4, -0.2) is 52.8 Å². The summed E-state index contributed by atoms with van der Waals surface area (Å²) in [5, 5.41) is 9.11. The molecule has 112 valence electrons. The lowest BCUT2D eigenvalue weighted by molar-refractivity contribution is 0.301. The second-order valence-electron chi connectivity index (χ2n) is 4.75. The lowest BCUT2D eigenvalue weighted by Gasteiger charge is -2.28. The molecule has 4 N–H and O–H groups in total. The van der Waals surface area contributed by atoms with Crippen molar-refractivity contribution in [2.24, 2.45) is 5.84 Å². The molecule has 1 aliphatic heterocycles. The Bertz CT molecular complexity index is 399. The van der Waals surface area contributed by atoms with E-state index in [1.165, 1.54) is 6.42 Å². The van der Waals surface area contributed by atoms with E-state index in [0.29, 0.717) is 30.9 Å². The van der Waals surface area contributed by atoms with Crippen LogP contribution in [0, 0.1) is 0 Å². The molecule has 1 aliphatic rings. The Hall–Kier alpha value is -1.67. The molecule has 0 aliphatic carbocycles. The number of aromatic nitrogens is 3. The largest absolute Gasteiger partial charge is 0.395 e. The summed E-state index contributed by atoms with van der Waals surface area (Å²) in [7, 11) is 0. The number of nitrogens with two attached hydrogens (primary N) is 1.